The lowest BCUT2D eigenvalue weighted by atomic mass is 9.97. The number of thiazole rings is 1. The second-order valence-corrected chi connectivity index (χ2v) is 11.0. The molecular weight excluding hydrogens is 626 g/mol. The number of benzene rings is 1. The van der Waals surface area contributed by atoms with Crippen molar-refractivity contribution in [1.82, 2.24) is 19.9 Å². The summed E-state index contributed by atoms with van der Waals surface area (Å²) in [6.07, 6.45) is 1.40. The van der Waals surface area contributed by atoms with E-state index in [-0.39, 0.29) is 17.1 Å². The lowest BCUT2D eigenvalue weighted by Crippen LogP contribution is -2.68. The van der Waals surface area contributed by atoms with Crippen molar-refractivity contribution in [3.05, 3.63) is 46.4 Å². The first kappa shape index (κ1) is 31.7. The summed E-state index contributed by atoms with van der Waals surface area (Å²) in [7, 11) is 0. The third-order valence-electron chi connectivity index (χ3n) is 6.27. The van der Waals surface area contributed by atoms with E-state index in [1.54, 1.807) is 0 Å². The van der Waals surface area contributed by atoms with Crippen molar-refractivity contribution in [3.63, 3.8) is 0 Å². The summed E-state index contributed by atoms with van der Waals surface area (Å²) in [4.78, 5) is 85.2. The fourth-order valence-corrected chi connectivity index (χ4v) is 6.02. The number of esters is 1. The van der Waals surface area contributed by atoms with Gasteiger partial charge in [0.1, 0.15) is 18.2 Å². The number of fused-ring (bicyclic) bond motifs is 1. The van der Waals surface area contributed by atoms with Gasteiger partial charge in [-0.25, -0.2) is 14.4 Å². The highest BCUT2D eigenvalue weighted by Crippen LogP contribution is 2.41. The number of carbonyl (C=O) groups excluding carboxylic acids is 5. The van der Waals surface area contributed by atoms with Crippen LogP contribution in [0.1, 0.15) is 10.4 Å². The lowest BCUT2D eigenvalue weighted by Gasteiger charge is -2.47. The summed E-state index contributed by atoms with van der Waals surface area (Å²) in [5.41, 5.74) is 13.4. The van der Waals surface area contributed by atoms with Gasteiger partial charge in [0.15, 0.2) is 18.1 Å². The van der Waals surface area contributed by atoms with Crippen LogP contribution in [0.3, 0.4) is 0 Å². The number of hydrogen-bond donors (Lipinski definition) is 6. The van der Waals surface area contributed by atoms with Gasteiger partial charge in [0.05, 0.1) is 21.8 Å². The Hall–Kier alpha value is -5.21. The molecular formula is C24H24N7O11S2+. The Morgan fingerprint density at radius 1 is 1.18 bits per heavy atom. The van der Waals surface area contributed by atoms with Crippen molar-refractivity contribution < 1.29 is 53.7 Å². The Bertz CT molecular complexity index is 1580. The molecule has 44 heavy (non-hydrogen) atoms. The Morgan fingerprint density at radius 2 is 1.93 bits per heavy atom. The van der Waals surface area contributed by atoms with Crippen molar-refractivity contribution in [1.29, 1.82) is 0 Å². The number of aromatic hydroxyl groups is 2. The van der Waals surface area contributed by atoms with Crippen LogP contribution in [0.25, 0.3) is 0 Å². The highest BCUT2D eigenvalue weighted by Gasteiger charge is 2.53. The Kier molecular flexibility index (Phi) is 9.35. The molecule has 4 amide bonds. The van der Waals surface area contributed by atoms with Gasteiger partial charge in [-0.2, -0.15) is 10.4 Å². The number of nitrogens with one attached hydrogen (secondary N) is 1. The van der Waals surface area contributed by atoms with Crippen LogP contribution < -0.4 is 21.5 Å². The summed E-state index contributed by atoms with van der Waals surface area (Å²) in [5, 5.41) is 33.0. The molecule has 1 aromatic carbocycles. The quantitative estimate of drug-likeness (QED) is 0.0327. The van der Waals surface area contributed by atoms with Gasteiger partial charge < -0.3 is 36.4 Å². The predicted octanol–water partition coefficient (Wildman–Crippen LogP) is -1.45. The number of rotatable bonds is 10. The molecule has 8 N–H and O–H groups in total. The molecule has 0 radical (unpaired) electrons. The van der Waals surface area contributed by atoms with Crippen LogP contribution in [0.2, 0.25) is 0 Å². The Morgan fingerprint density at radius 3 is 2.57 bits per heavy atom. The highest BCUT2D eigenvalue weighted by atomic mass is 32.2. The molecule has 1 aromatic heterocycles. The molecule has 0 bridgehead atoms. The van der Waals surface area contributed by atoms with Gasteiger partial charge in [0, 0.05) is 11.8 Å². The van der Waals surface area contributed by atoms with Gasteiger partial charge in [-0.1, -0.05) is 9.75 Å². The average molecular weight is 651 g/mol. The normalized spacial score (nSPS) is 19.0. The summed E-state index contributed by atoms with van der Waals surface area (Å²) >= 11 is 2.29. The number of nitrogens with two attached hydrogens (primary N) is 2. The SMILES string of the molecule is NC(=O)C(N)=NOCC(=O)N[N+](CC(=O)OCC1C(=O)N2C(C(=O)O)=CCS[C@@H]12)(C(=O)c1ccc(O)c(O)c1)c1cscn1. The summed E-state index contributed by atoms with van der Waals surface area (Å²) < 4.78 is 3.99. The number of primary amides is 1. The zero-order valence-electron chi connectivity index (χ0n) is 22.3. The minimum absolute atomic E-state index is 0.164. The number of amidine groups is 1. The fraction of sp³-hybridized carbons (Fsp3) is 0.250. The topological polar surface area (TPSA) is 274 Å². The van der Waals surface area contributed by atoms with Crippen LogP contribution in [-0.2, 0) is 33.5 Å². The first-order valence-corrected chi connectivity index (χ1v) is 14.3. The number of thioether (sulfide) groups is 1. The van der Waals surface area contributed by atoms with Crippen LogP contribution in [0.4, 0.5) is 5.82 Å². The molecule has 3 atom stereocenters. The maximum Gasteiger partial charge on any atom is 0.377 e. The van der Waals surface area contributed by atoms with Crippen molar-refractivity contribution in [3.8, 4) is 11.5 Å². The van der Waals surface area contributed by atoms with Crippen molar-refractivity contribution >= 4 is 70.3 Å². The van der Waals surface area contributed by atoms with Gasteiger partial charge in [0.2, 0.25) is 18.3 Å². The molecule has 0 saturated carbocycles. The first-order valence-electron chi connectivity index (χ1n) is 12.3. The van der Waals surface area contributed by atoms with Crippen molar-refractivity contribution in [2.45, 2.75) is 5.37 Å². The molecule has 20 heteroatoms. The Labute approximate surface area is 255 Å². The van der Waals surface area contributed by atoms with E-state index >= 15 is 0 Å². The van der Waals surface area contributed by atoms with Crippen LogP contribution in [0.15, 0.2) is 46.0 Å². The number of β-lactam (4-membered cyclic amide) rings is 1. The van der Waals surface area contributed by atoms with E-state index in [0.29, 0.717) is 5.75 Å². The number of carboxylic acid groups (broad SMARTS) is 1. The van der Waals surface area contributed by atoms with Crippen LogP contribution in [0.5, 0.6) is 11.5 Å². The number of phenols is 2. The number of hydrogen-bond acceptors (Lipinski definition) is 14. The molecule has 18 nitrogen and oxygen atoms in total. The molecule has 4 rings (SSSR count). The number of aromatic nitrogens is 1. The zero-order valence-corrected chi connectivity index (χ0v) is 23.9. The monoisotopic (exact) mass is 650 g/mol. The molecule has 1 saturated heterocycles. The van der Waals surface area contributed by atoms with E-state index in [4.69, 9.17) is 21.0 Å². The van der Waals surface area contributed by atoms with Gasteiger partial charge in [0.25, 0.3) is 11.7 Å². The van der Waals surface area contributed by atoms with Crippen LogP contribution >= 0.6 is 23.1 Å². The molecule has 0 aliphatic carbocycles. The standard InChI is InChI=1S/C24H23N7O11S2/c25-19(20(26)36)29-42-8-17(34)28-31(16-9-43-10-27-16,23(38)11-1-2-14(32)15(33)5-11)6-18(35)41-7-12-21(37)30-13(24(39)40)3-4-44-22(12)30/h1-3,5,9-10,12,22H,4,6-8H2,(H7-,25,26,28,29,32,33,34,36,38,39,40)/p+1/t12?,22-,31?/m0/s1. The van der Waals surface area contributed by atoms with Gasteiger partial charge in [-0.05, 0) is 18.2 Å². The van der Waals surface area contributed by atoms with Gasteiger partial charge in [-0.3, -0.25) is 19.3 Å². The number of phenolic OH excluding ortho intramolecular Hbond substituents is 2. The molecule has 1 fully saturated rings. The third kappa shape index (κ3) is 6.40. The molecule has 232 valence electrons. The maximum absolute atomic E-state index is 14.0. The maximum atomic E-state index is 14.0. The summed E-state index contributed by atoms with van der Waals surface area (Å²) in [6, 6.07) is 3.04. The molecule has 0 spiro atoms. The number of quaternary nitrogens is 1. The number of aliphatic carboxylic acids is 1. The molecule has 3 heterocycles. The smallest absolute Gasteiger partial charge is 0.377 e. The third-order valence-corrected chi connectivity index (χ3v) is 8.09. The summed E-state index contributed by atoms with van der Waals surface area (Å²) in [6.45, 7) is -2.29. The predicted molar refractivity (Wildman–Crippen MR) is 151 cm³/mol. The van der Waals surface area contributed by atoms with E-state index in [1.807, 2.05) is 0 Å². The van der Waals surface area contributed by atoms with Gasteiger partial charge in [-0.15, -0.1) is 23.1 Å². The van der Waals surface area contributed by atoms with Crippen LogP contribution in [-0.4, -0.2) is 97.5 Å². The van der Waals surface area contributed by atoms with E-state index in [9.17, 15) is 44.1 Å². The minimum atomic E-state index is -1.35. The first-order chi connectivity index (χ1) is 20.9. The average Bonchev–Trinajstić information content (AvgIpc) is 3.53. The molecule has 2 unspecified atom stereocenters. The number of amides is 4. The molecule has 2 aliphatic rings. The number of ether oxygens (including phenoxy) is 1. The lowest BCUT2D eigenvalue weighted by molar-refractivity contribution is -0.160. The van der Waals surface area contributed by atoms with E-state index in [1.165, 1.54) is 28.7 Å². The second kappa shape index (κ2) is 13.0. The molecule has 2 aliphatic heterocycles. The molecule has 2 aromatic rings. The largest absolute Gasteiger partial charge is 0.504 e. The number of oxime groups is 1. The van der Waals surface area contributed by atoms with Crippen molar-refractivity contribution in [2.24, 2.45) is 22.5 Å². The van der Waals surface area contributed by atoms with Gasteiger partial charge >= 0.3 is 23.8 Å². The van der Waals surface area contributed by atoms with E-state index < -0.39 is 88.5 Å². The van der Waals surface area contributed by atoms with Crippen molar-refractivity contribution in [2.75, 3.05) is 25.5 Å². The van der Waals surface area contributed by atoms with Crippen LogP contribution in [0, 0.1) is 5.92 Å². The summed E-state index contributed by atoms with van der Waals surface area (Å²) in [5.74, 6) is -8.79. The number of carbonyl (C=O) groups is 6. The highest BCUT2D eigenvalue weighted by molar-refractivity contribution is 8.00. The fourth-order valence-electron chi connectivity index (χ4n) is 4.19. The number of carboxylic acids is 1. The second-order valence-electron chi connectivity index (χ2n) is 9.09. The van der Waals surface area contributed by atoms with E-state index in [0.717, 1.165) is 34.4 Å². The number of nitrogens with zero attached hydrogens (tertiary/aromatic N) is 4. The zero-order chi connectivity index (χ0) is 32.2. The Balaban J connectivity index is 1.59. The van der Waals surface area contributed by atoms with E-state index in [2.05, 4.69) is 15.6 Å². The minimum Gasteiger partial charge on any atom is -0.504 e.